The van der Waals surface area contributed by atoms with E-state index in [1.165, 1.54) is 0 Å². The number of halogens is 4. The molecule has 84 valence electrons. The molecule has 0 aromatic heterocycles. The Labute approximate surface area is 107 Å². The van der Waals surface area contributed by atoms with Gasteiger partial charge in [0, 0.05) is 0 Å². The minimum absolute atomic E-state index is 0.650. The molecule has 2 nitrogen and oxygen atoms in total. The van der Waals surface area contributed by atoms with E-state index in [2.05, 4.69) is 0 Å². The molecule has 2 unspecified atom stereocenters. The monoisotopic (exact) mass is 288 g/mol. The van der Waals surface area contributed by atoms with Crippen molar-refractivity contribution in [2.75, 3.05) is 0 Å². The van der Waals surface area contributed by atoms with Crippen molar-refractivity contribution in [3.8, 4) is 0 Å². The van der Waals surface area contributed by atoms with Crippen molar-refractivity contribution in [3.05, 3.63) is 12.2 Å². The van der Waals surface area contributed by atoms with Crippen LogP contribution in [0.15, 0.2) is 12.2 Å². The van der Waals surface area contributed by atoms with Gasteiger partial charge in [-0.3, -0.25) is 4.79 Å². The molecular formula is C9H8Cl4O2. The lowest BCUT2D eigenvalue weighted by Gasteiger charge is -2.49. The van der Waals surface area contributed by atoms with E-state index in [0.717, 1.165) is 0 Å². The summed E-state index contributed by atoms with van der Waals surface area (Å²) in [6.45, 7) is 3.24. The van der Waals surface area contributed by atoms with Crippen molar-refractivity contribution in [3.63, 3.8) is 0 Å². The predicted molar refractivity (Wildman–Crippen MR) is 60.9 cm³/mol. The Bertz CT molecular complexity index is 344. The molecule has 0 N–H and O–H groups in total. The summed E-state index contributed by atoms with van der Waals surface area (Å²) >= 11 is 23.9. The number of ketones is 1. The molecule has 2 bridgehead atoms. The van der Waals surface area contributed by atoms with Crippen LogP contribution in [0.3, 0.4) is 0 Å². The molecule has 0 spiro atoms. The van der Waals surface area contributed by atoms with Crippen LogP contribution in [-0.4, -0.2) is 25.7 Å². The smallest absolute Gasteiger partial charge is 0.211 e. The fourth-order valence-electron chi connectivity index (χ4n) is 1.81. The van der Waals surface area contributed by atoms with Gasteiger partial charge in [0.25, 0.3) is 0 Å². The lowest BCUT2D eigenvalue weighted by atomic mass is 9.90. The summed E-state index contributed by atoms with van der Waals surface area (Å²) in [7, 11) is 0. The summed E-state index contributed by atoms with van der Waals surface area (Å²) < 4.78 is 2.06. The summed E-state index contributed by atoms with van der Waals surface area (Å²) in [5.41, 5.74) is -2.18. The fraction of sp³-hybridized carbons (Fsp3) is 0.667. The summed E-state index contributed by atoms with van der Waals surface area (Å²) in [4.78, 5) is 12.0. The quantitative estimate of drug-likeness (QED) is 0.506. The van der Waals surface area contributed by atoms with Gasteiger partial charge in [-0.2, -0.15) is 0 Å². The first-order valence-electron chi connectivity index (χ1n) is 4.28. The van der Waals surface area contributed by atoms with Gasteiger partial charge in [-0.1, -0.05) is 58.6 Å². The summed E-state index contributed by atoms with van der Waals surface area (Å²) in [5, 5.41) is 0. The number of fused-ring (bicyclic) bond motifs is 2. The van der Waals surface area contributed by atoms with Crippen molar-refractivity contribution in [2.45, 2.75) is 33.7 Å². The standard InChI is InChI=1S/C9H8Cl4O2/c1-6-3-4-7(2,15-6)9(12,13)5(14)8(6,10)11/h3-4H,1-2H3. The number of hydrogen-bond donors (Lipinski definition) is 0. The Morgan fingerprint density at radius 1 is 1.00 bits per heavy atom. The maximum Gasteiger partial charge on any atom is 0.211 e. The van der Waals surface area contributed by atoms with Gasteiger partial charge in [-0.15, -0.1) is 0 Å². The fourth-order valence-corrected chi connectivity index (χ4v) is 2.98. The van der Waals surface area contributed by atoms with Crippen LogP contribution in [0.4, 0.5) is 0 Å². The Balaban J connectivity index is 2.64. The molecule has 0 aromatic carbocycles. The maximum absolute atomic E-state index is 12.0. The molecule has 15 heavy (non-hydrogen) atoms. The number of carbonyl (C=O) groups is 1. The third-order valence-electron chi connectivity index (χ3n) is 2.96. The molecule has 0 saturated carbocycles. The number of hydrogen-bond acceptors (Lipinski definition) is 2. The lowest BCUT2D eigenvalue weighted by molar-refractivity contribution is -0.153. The Morgan fingerprint density at radius 3 is 1.67 bits per heavy atom. The van der Waals surface area contributed by atoms with Gasteiger partial charge >= 0.3 is 0 Å². The van der Waals surface area contributed by atoms with E-state index in [9.17, 15) is 4.79 Å². The van der Waals surface area contributed by atoms with Gasteiger partial charge in [0.15, 0.2) is 0 Å². The normalized spacial score (nSPS) is 45.9. The van der Waals surface area contributed by atoms with Gasteiger partial charge in [0.05, 0.1) is 0 Å². The molecular weight excluding hydrogens is 282 g/mol. The van der Waals surface area contributed by atoms with E-state index in [1.54, 1.807) is 26.0 Å². The number of rotatable bonds is 0. The van der Waals surface area contributed by atoms with Crippen LogP contribution in [0.5, 0.6) is 0 Å². The van der Waals surface area contributed by atoms with E-state index >= 15 is 0 Å². The van der Waals surface area contributed by atoms with Crippen LogP contribution >= 0.6 is 46.4 Å². The highest BCUT2D eigenvalue weighted by molar-refractivity contribution is 6.70. The van der Waals surface area contributed by atoms with E-state index in [-0.39, 0.29) is 0 Å². The van der Waals surface area contributed by atoms with E-state index in [1.807, 2.05) is 0 Å². The molecule has 2 rings (SSSR count). The van der Waals surface area contributed by atoms with Gasteiger partial charge in [0.1, 0.15) is 11.2 Å². The number of alkyl halides is 4. The minimum atomic E-state index is -1.77. The van der Waals surface area contributed by atoms with Crippen molar-refractivity contribution in [1.29, 1.82) is 0 Å². The third kappa shape index (κ3) is 1.20. The molecule has 2 heterocycles. The van der Waals surface area contributed by atoms with Crippen molar-refractivity contribution >= 4 is 52.2 Å². The molecule has 1 saturated heterocycles. The molecule has 2 aliphatic heterocycles. The largest absolute Gasteiger partial charge is 0.354 e. The Morgan fingerprint density at radius 2 is 1.33 bits per heavy atom. The second-order valence-electron chi connectivity index (χ2n) is 4.13. The molecule has 6 heteroatoms. The van der Waals surface area contributed by atoms with Gasteiger partial charge in [-0.25, -0.2) is 0 Å². The SMILES string of the molecule is CC12C=CC(C)(O1)C(Cl)(Cl)C(=O)C2(Cl)Cl. The van der Waals surface area contributed by atoms with Crippen molar-refractivity contribution in [1.82, 2.24) is 0 Å². The average Bonchev–Trinajstić information content (AvgIpc) is 2.42. The highest BCUT2D eigenvalue weighted by Gasteiger charge is 2.72. The first kappa shape index (κ1) is 12.0. The second-order valence-corrected chi connectivity index (χ2v) is 6.78. The Hall–Kier alpha value is 0.530. The molecule has 0 radical (unpaired) electrons. The number of carbonyl (C=O) groups excluding carboxylic acids is 1. The van der Waals surface area contributed by atoms with E-state index < -0.39 is 25.7 Å². The highest BCUT2D eigenvalue weighted by atomic mass is 35.5. The number of Topliss-reactive ketones (excluding diaryl/α,β-unsaturated/α-hetero) is 1. The predicted octanol–water partition coefficient (Wildman–Crippen LogP) is 3.02. The molecule has 0 amide bonds. The summed E-state index contributed by atoms with van der Waals surface area (Å²) in [6.07, 6.45) is 3.24. The molecule has 2 atom stereocenters. The first-order valence-corrected chi connectivity index (χ1v) is 5.79. The highest BCUT2D eigenvalue weighted by Crippen LogP contribution is 2.59. The third-order valence-corrected chi connectivity index (χ3v) is 5.15. The van der Waals surface area contributed by atoms with Crippen molar-refractivity contribution in [2.24, 2.45) is 0 Å². The average molecular weight is 290 g/mol. The lowest BCUT2D eigenvalue weighted by Crippen LogP contribution is -2.66. The zero-order valence-corrected chi connectivity index (χ0v) is 11.0. The van der Waals surface area contributed by atoms with Crippen molar-refractivity contribution < 1.29 is 9.53 Å². The Kier molecular flexibility index (Phi) is 2.28. The van der Waals surface area contributed by atoms with Crippen LogP contribution in [0.25, 0.3) is 0 Å². The van der Waals surface area contributed by atoms with Gasteiger partial charge in [-0.05, 0) is 13.8 Å². The maximum atomic E-state index is 12.0. The number of ether oxygens (including phenoxy) is 1. The van der Waals surface area contributed by atoms with Crippen LogP contribution in [-0.2, 0) is 9.53 Å². The molecule has 0 aliphatic carbocycles. The van der Waals surface area contributed by atoms with E-state index in [4.69, 9.17) is 51.1 Å². The summed E-state index contributed by atoms with van der Waals surface area (Å²) in [5.74, 6) is -0.650. The van der Waals surface area contributed by atoms with Gasteiger partial charge in [0.2, 0.25) is 14.4 Å². The summed E-state index contributed by atoms with van der Waals surface area (Å²) in [6, 6.07) is 0. The topological polar surface area (TPSA) is 26.3 Å². The van der Waals surface area contributed by atoms with Crippen LogP contribution in [0.2, 0.25) is 0 Å². The van der Waals surface area contributed by atoms with Crippen LogP contribution < -0.4 is 0 Å². The van der Waals surface area contributed by atoms with E-state index in [0.29, 0.717) is 0 Å². The first-order chi connectivity index (χ1) is 6.57. The van der Waals surface area contributed by atoms with Gasteiger partial charge < -0.3 is 4.74 Å². The van der Waals surface area contributed by atoms with Crippen LogP contribution in [0, 0.1) is 0 Å². The zero-order valence-electron chi connectivity index (χ0n) is 7.98. The van der Waals surface area contributed by atoms with Crippen LogP contribution in [0.1, 0.15) is 13.8 Å². The molecule has 1 fully saturated rings. The second kappa shape index (κ2) is 2.85. The minimum Gasteiger partial charge on any atom is -0.354 e. The molecule has 2 aliphatic rings. The molecule has 0 aromatic rings. The zero-order chi connectivity index (χ0) is 11.7.